The lowest BCUT2D eigenvalue weighted by Crippen LogP contribution is -2.51. The molecular weight excluding hydrogens is 245 g/mol. The van der Waals surface area contributed by atoms with E-state index in [0.29, 0.717) is 11.3 Å². The van der Waals surface area contributed by atoms with E-state index < -0.39 is 0 Å². The molecule has 0 aromatic heterocycles. The normalized spacial score (nSPS) is 19.4. The van der Waals surface area contributed by atoms with Gasteiger partial charge in [-0.05, 0) is 26.1 Å². The minimum absolute atomic E-state index is 0.112. The van der Waals surface area contributed by atoms with Crippen LogP contribution in [0.5, 0.6) is 5.75 Å². The molecule has 1 aromatic carbocycles. The van der Waals surface area contributed by atoms with Gasteiger partial charge in [-0.2, -0.15) is 0 Å². The lowest BCUT2D eigenvalue weighted by atomic mass is 10.1. The second-order valence-electron chi connectivity index (χ2n) is 5.00. The fourth-order valence-corrected chi connectivity index (χ4v) is 2.39. The number of benzene rings is 1. The molecule has 0 bridgehead atoms. The molecule has 0 aliphatic carbocycles. The Morgan fingerprint density at radius 1 is 1.26 bits per heavy atom. The largest absolute Gasteiger partial charge is 0.496 e. The van der Waals surface area contributed by atoms with Gasteiger partial charge in [0.05, 0.1) is 13.2 Å². The van der Waals surface area contributed by atoms with Gasteiger partial charge in [0.25, 0.3) is 0 Å². The number of nitrogens with zero attached hydrogens (tertiary/aromatic N) is 2. The van der Waals surface area contributed by atoms with E-state index in [4.69, 9.17) is 4.74 Å². The van der Waals surface area contributed by atoms with Crippen molar-refractivity contribution >= 4 is 0 Å². The molecule has 19 heavy (non-hydrogen) atoms. The van der Waals surface area contributed by atoms with Crippen molar-refractivity contribution in [2.45, 2.75) is 13.0 Å². The summed E-state index contributed by atoms with van der Waals surface area (Å²) in [6.07, 6.45) is 0. The summed E-state index contributed by atoms with van der Waals surface area (Å²) in [4.78, 5) is 2.28. The molecule has 1 heterocycles. The van der Waals surface area contributed by atoms with Crippen LogP contribution in [0.15, 0.2) is 18.2 Å². The smallest absolute Gasteiger partial charge is 0.131 e. The summed E-state index contributed by atoms with van der Waals surface area (Å²) in [6.45, 7) is 5.89. The molecule has 2 rings (SSSR count). The van der Waals surface area contributed by atoms with Crippen LogP contribution in [0.1, 0.15) is 18.5 Å². The second kappa shape index (κ2) is 6.32. The summed E-state index contributed by atoms with van der Waals surface area (Å²) in [7, 11) is 3.68. The lowest BCUT2D eigenvalue weighted by Gasteiger charge is -2.35. The topological polar surface area (TPSA) is 27.7 Å². The van der Waals surface area contributed by atoms with Crippen molar-refractivity contribution in [3.05, 3.63) is 29.6 Å². The zero-order valence-electron chi connectivity index (χ0n) is 11.8. The highest BCUT2D eigenvalue weighted by Gasteiger charge is 2.20. The number of methoxy groups -OCH3 is 1. The predicted molar refractivity (Wildman–Crippen MR) is 73.6 cm³/mol. The second-order valence-corrected chi connectivity index (χ2v) is 5.00. The van der Waals surface area contributed by atoms with E-state index in [1.165, 1.54) is 6.07 Å². The predicted octanol–water partition coefficient (Wildman–Crippen LogP) is 1.65. The van der Waals surface area contributed by atoms with Gasteiger partial charge in [-0.15, -0.1) is 0 Å². The molecule has 0 saturated carbocycles. The minimum atomic E-state index is -0.228. The summed E-state index contributed by atoms with van der Waals surface area (Å²) >= 11 is 0. The maximum atomic E-state index is 14.0. The van der Waals surface area contributed by atoms with Crippen LogP contribution in [0.2, 0.25) is 0 Å². The third-order valence-electron chi connectivity index (χ3n) is 3.55. The lowest BCUT2D eigenvalue weighted by molar-refractivity contribution is 0.0887. The van der Waals surface area contributed by atoms with E-state index in [-0.39, 0.29) is 11.9 Å². The molecule has 1 aromatic rings. The Labute approximate surface area is 114 Å². The minimum Gasteiger partial charge on any atom is -0.496 e. The van der Waals surface area contributed by atoms with E-state index in [1.54, 1.807) is 19.2 Å². The number of likely N-dealkylation sites (N-methyl/N-ethyl adjacent to an activating group) is 1. The van der Waals surface area contributed by atoms with Gasteiger partial charge in [0, 0.05) is 31.7 Å². The summed E-state index contributed by atoms with van der Waals surface area (Å²) in [5, 5.41) is 2.15. The molecule has 0 spiro atoms. The van der Waals surface area contributed by atoms with Gasteiger partial charge in [0.2, 0.25) is 0 Å². The Bertz CT molecular complexity index is 419. The number of hydrogen-bond acceptors (Lipinski definition) is 4. The third-order valence-corrected chi connectivity index (χ3v) is 3.55. The van der Waals surface area contributed by atoms with Crippen molar-refractivity contribution in [2.24, 2.45) is 0 Å². The first-order chi connectivity index (χ1) is 9.11. The highest BCUT2D eigenvalue weighted by molar-refractivity contribution is 5.36. The SMILES string of the molecule is COc1cccc(F)c1C(C)NN1CCN(C)CC1. The third kappa shape index (κ3) is 3.43. The van der Waals surface area contributed by atoms with Gasteiger partial charge in [-0.25, -0.2) is 14.8 Å². The maximum absolute atomic E-state index is 14.0. The molecule has 1 unspecified atom stereocenters. The van der Waals surface area contributed by atoms with Crippen LogP contribution in [0.3, 0.4) is 0 Å². The average Bonchev–Trinajstić information content (AvgIpc) is 2.40. The fraction of sp³-hybridized carbons (Fsp3) is 0.571. The zero-order valence-corrected chi connectivity index (χ0v) is 11.8. The van der Waals surface area contributed by atoms with Crippen molar-refractivity contribution in [2.75, 3.05) is 40.3 Å². The zero-order chi connectivity index (χ0) is 13.8. The number of halogens is 1. The van der Waals surface area contributed by atoms with Crippen molar-refractivity contribution in [3.63, 3.8) is 0 Å². The van der Waals surface area contributed by atoms with Crippen LogP contribution in [0, 0.1) is 5.82 Å². The Hall–Kier alpha value is -1.17. The van der Waals surface area contributed by atoms with Gasteiger partial charge < -0.3 is 9.64 Å². The summed E-state index contributed by atoms with van der Waals surface area (Å²) < 4.78 is 19.2. The van der Waals surface area contributed by atoms with E-state index >= 15 is 0 Å². The molecule has 0 radical (unpaired) electrons. The number of ether oxygens (including phenoxy) is 1. The number of piperazine rings is 1. The van der Waals surface area contributed by atoms with E-state index in [1.807, 2.05) is 6.92 Å². The average molecular weight is 267 g/mol. The molecule has 1 fully saturated rings. The van der Waals surface area contributed by atoms with Crippen LogP contribution < -0.4 is 10.2 Å². The van der Waals surface area contributed by atoms with E-state index in [2.05, 4.69) is 22.4 Å². The quantitative estimate of drug-likeness (QED) is 0.897. The van der Waals surface area contributed by atoms with Gasteiger partial charge in [-0.1, -0.05) is 6.07 Å². The molecule has 5 heteroatoms. The summed E-state index contributed by atoms with van der Waals surface area (Å²) in [5.41, 5.74) is 3.94. The molecule has 4 nitrogen and oxygen atoms in total. The molecule has 1 N–H and O–H groups in total. The molecule has 1 atom stereocenters. The number of hydrogen-bond donors (Lipinski definition) is 1. The van der Waals surface area contributed by atoms with E-state index in [0.717, 1.165) is 26.2 Å². The monoisotopic (exact) mass is 267 g/mol. The van der Waals surface area contributed by atoms with Gasteiger partial charge >= 0.3 is 0 Å². The van der Waals surface area contributed by atoms with Gasteiger partial charge in [0.15, 0.2) is 0 Å². The Morgan fingerprint density at radius 2 is 1.95 bits per heavy atom. The molecule has 1 aliphatic heterocycles. The van der Waals surface area contributed by atoms with Crippen molar-refractivity contribution in [1.82, 2.24) is 15.3 Å². The maximum Gasteiger partial charge on any atom is 0.131 e. The van der Waals surface area contributed by atoms with Crippen molar-refractivity contribution in [3.8, 4) is 5.75 Å². The number of nitrogens with one attached hydrogen (secondary N) is 1. The Kier molecular flexibility index (Phi) is 4.74. The summed E-state index contributed by atoms with van der Waals surface area (Å²) in [6, 6.07) is 4.82. The Balaban J connectivity index is 2.05. The van der Waals surface area contributed by atoms with Gasteiger partial charge in [0.1, 0.15) is 11.6 Å². The van der Waals surface area contributed by atoms with Crippen LogP contribution in [-0.4, -0.2) is 50.2 Å². The first-order valence-electron chi connectivity index (χ1n) is 6.64. The van der Waals surface area contributed by atoms with Crippen LogP contribution >= 0.6 is 0 Å². The Morgan fingerprint density at radius 3 is 2.58 bits per heavy atom. The van der Waals surface area contributed by atoms with Crippen LogP contribution in [-0.2, 0) is 0 Å². The highest BCUT2D eigenvalue weighted by atomic mass is 19.1. The standard InChI is InChI=1S/C14H22FN3O/c1-11(16-18-9-7-17(2)8-10-18)14-12(15)5-4-6-13(14)19-3/h4-6,11,16H,7-10H2,1-3H3. The number of rotatable bonds is 4. The molecular formula is C14H22FN3O. The molecule has 0 amide bonds. The van der Waals surface area contributed by atoms with Crippen LogP contribution in [0.4, 0.5) is 4.39 Å². The fourth-order valence-electron chi connectivity index (χ4n) is 2.39. The highest BCUT2D eigenvalue weighted by Crippen LogP contribution is 2.27. The van der Waals surface area contributed by atoms with Crippen molar-refractivity contribution < 1.29 is 9.13 Å². The first-order valence-corrected chi connectivity index (χ1v) is 6.64. The molecule has 1 saturated heterocycles. The van der Waals surface area contributed by atoms with E-state index in [9.17, 15) is 4.39 Å². The number of hydrazine groups is 1. The van der Waals surface area contributed by atoms with Gasteiger partial charge in [-0.3, -0.25) is 0 Å². The first kappa shape index (κ1) is 14.2. The molecule has 106 valence electrons. The molecule has 1 aliphatic rings. The van der Waals surface area contributed by atoms with Crippen LogP contribution in [0.25, 0.3) is 0 Å². The summed E-state index contributed by atoms with van der Waals surface area (Å²) in [5.74, 6) is 0.364. The van der Waals surface area contributed by atoms with Crippen molar-refractivity contribution in [1.29, 1.82) is 0 Å².